The molecule has 0 atom stereocenters. The molecule has 0 heterocycles. The first-order valence-corrected chi connectivity index (χ1v) is 7.76. The SMILES string of the molecule is CCN(/N=C\c1cc(Cl)c(OC)c(OC)c1)c1ccc(C)cc1. The van der Waals surface area contributed by atoms with Crippen molar-refractivity contribution in [3.05, 3.63) is 52.5 Å². The number of hydrogen-bond donors (Lipinski definition) is 0. The second kappa shape index (κ2) is 7.88. The van der Waals surface area contributed by atoms with Crippen LogP contribution in [0.15, 0.2) is 41.5 Å². The van der Waals surface area contributed by atoms with E-state index in [0.29, 0.717) is 16.5 Å². The van der Waals surface area contributed by atoms with E-state index < -0.39 is 0 Å². The summed E-state index contributed by atoms with van der Waals surface area (Å²) in [6, 6.07) is 11.9. The van der Waals surface area contributed by atoms with Gasteiger partial charge < -0.3 is 9.47 Å². The Balaban J connectivity index is 2.27. The normalized spacial score (nSPS) is 10.8. The minimum Gasteiger partial charge on any atom is -0.493 e. The first-order chi connectivity index (χ1) is 11.1. The molecular formula is C18H21ClN2O2. The van der Waals surface area contributed by atoms with E-state index in [1.165, 1.54) is 5.56 Å². The van der Waals surface area contributed by atoms with Crippen LogP contribution >= 0.6 is 11.6 Å². The van der Waals surface area contributed by atoms with E-state index in [9.17, 15) is 0 Å². The summed E-state index contributed by atoms with van der Waals surface area (Å²) in [5.74, 6) is 1.11. The number of aryl methyl sites for hydroxylation is 1. The Kier molecular flexibility index (Phi) is 5.88. The third-order valence-electron chi connectivity index (χ3n) is 3.43. The van der Waals surface area contributed by atoms with Crippen LogP contribution in [0.3, 0.4) is 0 Å². The molecule has 0 amide bonds. The van der Waals surface area contributed by atoms with Crippen LogP contribution in [0.5, 0.6) is 11.5 Å². The van der Waals surface area contributed by atoms with Gasteiger partial charge in [-0.3, -0.25) is 5.01 Å². The van der Waals surface area contributed by atoms with Gasteiger partial charge in [0.25, 0.3) is 0 Å². The second-order valence-electron chi connectivity index (χ2n) is 5.03. The minimum atomic E-state index is 0.492. The predicted octanol–water partition coefficient (Wildman–Crippen LogP) is 4.53. The van der Waals surface area contributed by atoms with Crippen molar-refractivity contribution in [2.45, 2.75) is 13.8 Å². The van der Waals surface area contributed by atoms with E-state index in [4.69, 9.17) is 21.1 Å². The van der Waals surface area contributed by atoms with Crippen molar-refractivity contribution in [1.29, 1.82) is 0 Å². The number of methoxy groups -OCH3 is 2. The average molecular weight is 333 g/mol. The predicted molar refractivity (Wildman–Crippen MR) is 96.3 cm³/mol. The van der Waals surface area contributed by atoms with Gasteiger partial charge in [0.05, 0.1) is 31.1 Å². The molecular weight excluding hydrogens is 312 g/mol. The summed E-state index contributed by atoms with van der Waals surface area (Å²) in [5.41, 5.74) is 3.11. The minimum absolute atomic E-state index is 0.492. The van der Waals surface area contributed by atoms with Crippen LogP contribution in [0, 0.1) is 6.92 Å². The van der Waals surface area contributed by atoms with Crippen molar-refractivity contribution in [1.82, 2.24) is 0 Å². The highest BCUT2D eigenvalue weighted by molar-refractivity contribution is 6.32. The van der Waals surface area contributed by atoms with Crippen molar-refractivity contribution in [3.8, 4) is 11.5 Å². The lowest BCUT2D eigenvalue weighted by molar-refractivity contribution is 0.355. The van der Waals surface area contributed by atoms with E-state index in [0.717, 1.165) is 17.8 Å². The third-order valence-corrected chi connectivity index (χ3v) is 3.71. The Morgan fingerprint density at radius 2 is 1.83 bits per heavy atom. The maximum atomic E-state index is 6.22. The molecule has 0 aliphatic rings. The van der Waals surface area contributed by atoms with E-state index in [1.807, 2.05) is 11.1 Å². The molecule has 0 radical (unpaired) electrons. The van der Waals surface area contributed by atoms with E-state index in [1.54, 1.807) is 26.5 Å². The van der Waals surface area contributed by atoms with Crippen LogP contribution in [-0.4, -0.2) is 27.0 Å². The molecule has 23 heavy (non-hydrogen) atoms. The number of hydrazone groups is 1. The first-order valence-electron chi connectivity index (χ1n) is 7.38. The molecule has 2 rings (SSSR count). The van der Waals surface area contributed by atoms with Gasteiger partial charge in [0.1, 0.15) is 0 Å². The summed E-state index contributed by atoms with van der Waals surface area (Å²) >= 11 is 6.22. The zero-order valence-corrected chi connectivity index (χ0v) is 14.6. The number of rotatable bonds is 6. The van der Waals surface area contributed by atoms with Gasteiger partial charge in [-0.25, -0.2) is 0 Å². The maximum Gasteiger partial charge on any atom is 0.179 e. The molecule has 0 unspecified atom stereocenters. The van der Waals surface area contributed by atoms with Gasteiger partial charge in [-0.1, -0.05) is 29.3 Å². The van der Waals surface area contributed by atoms with Crippen LogP contribution in [0.4, 0.5) is 5.69 Å². The average Bonchev–Trinajstić information content (AvgIpc) is 2.56. The number of nitrogens with zero attached hydrogens (tertiary/aromatic N) is 2. The van der Waals surface area contributed by atoms with Crippen molar-refractivity contribution >= 4 is 23.5 Å². The summed E-state index contributed by atoms with van der Waals surface area (Å²) in [7, 11) is 3.15. The Hall–Kier alpha value is -2.20. The number of hydrogen-bond acceptors (Lipinski definition) is 4. The highest BCUT2D eigenvalue weighted by atomic mass is 35.5. The summed E-state index contributed by atoms with van der Waals surface area (Å²) in [6.45, 7) is 4.88. The number of halogens is 1. The Labute approximate surface area is 142 Å². The molecule has 0 aromatic heterocycles. The van der Waals surface area contributed by atoms with Gasteiger partial charge in [0.15, 0.2) is 11.5 Å². The Morgan fingerprint density at radius 1 is 1.13 bits per heavy atom. The molecule has 5 heteroatoms. The number of benzene rings is 2. The molecule has 0 bridgehead atoms. The first kappa shape index (κ1) is 17.2. The highest BCUT2D eigenvalue weighted by Gasteiger charge is 2.10. The standard InChI is InChI=1S/C18H21ClN2O2/c1-5-21(15-8-6-13(2)7-9-15)20-12-14-10-16(19)18(23-4)17(11-14)22-3/h6-12H,5H2,1-4H3/b20-12-. The molecule has 0 saturated heterocycles. The molecule has 0 saturated carbocycles. The summed E-state index contributed by atoms with van der Waals surface area (Å²) in [6.07, 6.45) is 1.76. The zero-order valence-electron chi connectivity index (χ0n) is 13.8. The quantitative estimate of drug-likeness (QED) is 0.576. The lowest BCUT2D eigenvalue weighted by atomic mass is 10.2. The maximum absolute atomic E-state index is 6.22. The van der Waals surface area contributed by atoms with Gasteiger partial charge in [-0.05, 0) is 43.7 Å². The van der Waals surface area contributed by atoms with E-state index in [2.05, 4.69) is 43.2 Å². The third kappa shape index (κ3) is 4.17. The zero-order chi connectivity index (χ0) is 16.8. The monoisotopic (exact) mass is 332 g/mol. The van der Waals surface area contributed by atoms with Crippen LogP contribution < -0.4 is 14.5 Å². The largest absolute Gasteiger partial charge is 0.493 e. The molecule has 0 aliphatic carbocycles. The lowest BCUT2D eigenvalue weighted by Gasteiger charge is -2.17. The van der Waals surface area contributed by atoms with Crippen molar-refractivity contribution < 1.29 is 9.47 Å². The molecule has 0 aliphatic heterocycles. The Bertz CT molecular complexity index is 684. The molecule has 2 aromatic carbocycles. The van der Waals surface area contributed by atoms with Gasteiger partial charge in [0.2, 0.25) is 0 Å². The molecule has 0 N–H and O–H groups in total. The molecule has 0 fully saturated rings. The fourth-order valence-electron chi connectivity index (χ4n) is 2.20. The number of anilines is 1. The molecule has 4 nitrogen and oxygen atoms in total. The van der Waals surface area contributed by atoms with Gasteiger partial charge in [-0.2, -0.15) is 5.10 Å². The summed E-state index contributed by atoms with van der Waals surface area (Å²) in [5, 5.41) is 6.95. The molecule has 122 valence electrons. The van der Waals surface area contributed by atoms with Crippen LogP contribution in [0.1, 0.15) is 18.1 Å². The summed E-state index contributed by atoms with van der Waals surface area (Å²) in [4.78, 5) is 0. The van der Waals surface area contributed by atoms with Crippen molar-refractivity contribution in [3.63, 3.8) is 0 Å². The van der Waals surface area contributed by atoms with Gasteiger partial charge >= 0.3 is 0 Å². The molecule has 2 aromatic rings. The summed E-state index contributed by atoms with van der Waals surface area (Å²) < 4.78 is 10.5. The van der Waals surface area contributed by atoms with Crippen LogP contribution in [0.25, 0.3) is 0 Å². The fourth-order valence-corrected chi connectivity index (χ4v) is 2.49. The van der Waals surface area contributed by atoms with Crippen molar-refractivity contribution in [2.24, 2.45) is 5.10 Å². The van der Waals surface area contributed by atoms with Gasteiger partial charge in [0, 0.05) is 6.54 Å². The van der Waals surface area contributed by atoms with E-state index in [-0.39, 0.29) is 0 Å². The van der Waals surface area contributed by atoms with Crippen LogP contribution in [0.2, 0.25) is 5.02 Å². The lowest BCUT2D eigenvalue weighted by Crippen LogP contribution is -2.15. The molecule has 0 spiro atoms. The second-order valence-corrected chi connectivity index (χ2v) is 5.44. The Morgan fingerprint density at radius 3 is 2.39 bits per heavy atom. The van der Waals surface area contributed by atoms with Crippen LogP contribution in [-0.2, 0) is 0 Å². The smallest absolute Gasteiger partial charge is 0.179 e. The fraction of sp³-hybridized carbons (Fsp3) is 0.278. The highest BCUT2D eigenvalue weighted by Crippen LogP contribution is 2.35. The van der Waals surface area contributed by atoms with Crippen molar-refractivity contribution in [2.75, 3.05) is 25.8 Å². The topological polar surface area (TPSA) is 34.1 Å². The van der Waals surface area contributed by atoms with Gasteiger partial charge in [-0.15, -0.1) is 0 Å². The number of ether oxygens (including phenoxy) is 2. The van der Waals surface area contributed by atoms with E-state index >= 15 is 0 Å².